The molecule has 0 saturated carbocycles. The van der Waals surface area contributed by atoms with Crippen LogP contribution in [0.4, 0.5) is 0 Å². The summed E-state index contributed by atoms with van der Waals surface area (Å²) in [6, 6.07) is 22.9. The molecule has 0 amide bonds. The Morgan fingerprint density at radius 3 is 1.42 bits per heavy atom. The van der Waals surface area contributed by atoms with Gasteiger partial charge in [0.15, 0.2) is 11.6 Å². The van der Waals surface area contributed by atoms with Gasteiger partial charge in [0.2, 0.25) is 0 Å². The van der Waals surface area contributed by atoms with Gasteiger partial charge < -0.3 is 4.74 Å². The Labute approximate surface area is 140 Å². The number of carbonyl (C=O) groups is 2. The largest absolute Gasteiger partial charge is 0.495 e. The molecule has 0 unspecified atom stereocenters. The SMILES string of the molecule is COc1c(C(=O)c2ccccc2)cccc1C(=O)c1ccccc1. The molecule has 0 heterocycles. The summed E-state index contributed by atoms with van der Waals surface area (Å²) in [5.41, 5.74) is 1.87. The number of hydrogen-bond donors (Lipinski definition) is 0. The number of rotatable bonds is 5. The van der Waals surface area contributed by atoms with E-state index in [0.29, 0.717) is 28.0 Å². The fourth-order valence-corrected chi connectivity index (χ4v) is 2.60. The molecule has 0 aliphatic carbocycles. The second-order valence-electron chi connectivity index (χ2n) is 5.28. The molecule has 0 N–H and O–H groups in total. The van der Waals surface area contributed by atoms with Gasteiger partial charge in [-0.1, -0.05) is 66.7 Å². The summed E-state index contributed by atoms with van der Waals surface area (Å²) in [5, 5.41) is 0. The normalized spacial score (nSPS) is 10.2. The Bertz CT molecular complexity index is 798. The van der Waals surface area contributed by atoms with Gasteiger partial charge in [0.25, 0.3) is 0 Å². The fourth-order valence-electron chi connectivity index (χ4n) is 2.60. The van der Waals surface area contributed by atoms with Gasteiger partial charge in [0.05, 0.1) is 18.2 Å². The summed E-state index contributed by atoms with van der Waals surface area (Å²) in [6.45, 7) is 0. The molecular weight excluding hydrogens is 300 g/mol. The number of methoxy groups -OCH3 is 1. The maximum Gasteiger partial charge on any atom is 0.196 e. The van der Waals surface area contributed by atoms with Gasteiger partial charge in [-0.25, -0.2) is 0 Å². The van der Waals surface area contributed by atoms with Crippen LogP contribution in [0.15, 0.2) is 78.9 Å². The molecule has 0 aromatic heterocycles. The van der Waals surface area contributed by atoms with Gasteiger partial charge in [-0.2, -0.15) is 0 Å². The molecule has 0 saturated heterocycles. The third-order valence-corrected chi connectivity index (χ3v) is 3.78. The van der Waals surface area contributed by atoms with E-state index >= 15 is 0 Å². The molecule has 3 heteroatoms. The molecule has 0 aliphatic heterocycles. The first-order valence-corrected chi connectivity index (χ1v) is 7.59. The van der Waals surface area contributed by atoms with Crippen LogP contribution < -0.4 is 4.74 Å². The van der Waals surface area contributed by atoms with Crippen LogP contribution in [-0.4, -0.2) is 18.7 Å². The average Bonchev–Trinajstić information content (AvgIpc) is 2.67. The number of carbonyl (C=O) groups excluding carboxylic acids is 2. The second-order valence-corrected chi connectivity index (χ2v) is 5.28. The summed E-state index contributed by atoms with van der Waals surface area (Å²) in [4.78, 5) is 25.5. The zero-order valence-corrected chi connectivity index (χ0v) is 13.2. The van der Waals surface area contributed by atoms with Crippen LogP contribution in [0, 0.1) is 0 Å². The highest BCUT2D eigenvalue weighted by molar-refractivity contribution is 6.16. The lowest BCUT2D eigenvalue weighted by atomic mass is 9.96. The number of ether oxygens (including phenoxy) is 1. The van der Waals surface area contributed by atoms with Crippen molar-refractivity contribution in [3.8, 4) is 5.75 Å². The minimum Gasteiger partial charge on any atom is -0.495 e. The molecular formula is C21H16O3. The maximum absolute atomic E-state index is 12.7. The number of hydrogen-bond acceptors (Lipinski definition) is 3. The van der Waals surface area contributed by atoms with Crippen LogP contribution in [0.3, 0.4) is 0 Å². The van der Waals surface area contributed by atoms with E-state index < -0.39 is 0 Å². The smallest absolute Gasteiger partial charge is 0.196 e. The van der Waals surface area contributed by atoms with Gasteiger partial charge in [0, 0.05) is 11.1 Å². The van der Waals surface area contributed by atoms with Gasteiger partial charge in [-0.3, -0.25) is 9.59 Å². The second kappa shape index (κ2) is 6.92. The average molecular weight is 316 g/mol. The van der Waals surface area contributed by atoms with Crippen LogP contribution in [0.1, 0.15) is 31.8 Å². The first-order chi connectivity index (χ1) is 11.7. The Morgan fingerprint density at radius 2 is 1.04 bits per heavy atom. The Kier molecular flexibility index (Phi) is 4.52. The quantitative estimate of drug-likeness (QED) is 0.664. The summed E-state index contributed by atoms with van der Waals surface area (Å²) < 4.78 is 5.42. The molecule has 0 bridgehead atoms. The lowest BCUT2D eigenvalue weighted by Gasteiger charge is -2.12. The van der Waals surface area contributed by atoms with Crippen molar-refractivity contribution >= 4 is 11.6 Å². The maximum atomic E-state index is 12.7. The number of ketones is 2. The lowest BCUT2D eigenvalue weighted by molar-refractivity contribution is 0.103. The molecule has 3 nitrogen and oxygen atoms in total. The monoisotopic (exact) mass is 316 g/mol. The van der Waals surface area contributed by atoms with Gasteiger partial charge in [-0.05, 0) is 12.1 Å². The van der Waals surface area contributed by atoms with E-state index in [1.807, 2.05) is 12.1 Å². The van der Waals surface area contributed by atoms with Crippen LogP contribution >= 0.6 is 0 Å². The van der Waals surface area contributed by atoms with Crippen LogP contribution in [0.5, 0.6) is 5.75 Å². The zero-order valence-electron chi connectivity index (χ0n) is 13.2. The predicted octanol–water partition coefficient (Wildman–Crippen LogP) is 4.16. The molecule has 118 valence electrons. The highest BCUT2D eigenvalue weighted by Gasteiger charge is 2.21. The highest BCUT2D eigenvalue weighted by Crippen LogP contribution is 2.28. The van der Waals surface area contributed by atoms with Crippen molar-refractivity contribution in [2.24, 2.45) is 0 Å². The summed E-state index contributed by atoms with van der Waals surface area (Å²) in [5.74, 6) is -0.0365. The van der Waals surface area contributed by atoms with E-state index in [1.165, 1.54) is 7.11 Å². The highest BCUT2D eigenvalue weighted by atomic mass is 16.5. The van der Waals surface area contributed by atoms with E-state index in [2.05, 4.69) is 0 Å². The number of benzene rings is 3. The third kappa shape index (κ3) is 2.97. The minimum absolute atomic E-state index is 0.171. The molecule has 0 radical (unpaired) electrons. The minimum atomic E-state index is -0.171. The van der Waals surface area contributed by atoms with E-state index in [0.717, 1.165) is 0 Å². The molecule has 0 spiro atoms. The van der Waals surface area contributed by atoms with E-state index in [-0.39, 0.29) is 11.6 Å². The van der Waals surface area contributed by atoms with Crippen molar-refractivity contribution in [1.82, 2.24) is 0 Å². The van der Waals surface area contributed by atoms with E-state index in [4.69, 9.17) is 4.74 Å². The van der Waals surface area contributed by atoms with E-state index in [9.17, 15) is 9.59 Å². The summed E-state index contributed by atoms with van der Waals surface area (Å²) in [7, 11) is 1.47. The third-order valence-electron chi connectivity index (χ3n) is 3.78. The summed E-state index contributed by atoms with van der Waals surface area (Å²) in [6.07, 6.45) is 0. The van der Waals surface area contributed by atoms with Crippen molar-refractivity contribution in [2.45, 2.75) is 0 Å². The van der Waals surface area contributed by atoms with Crippen molar-refractivity contribution < 1.29 is 14.3 Å². The Morgan fingerprint density at radius 1 is 0.625 bits per heavy atom. The first-order valence-electron chi connectivity index (χ1n) is 7.59. The molecule has 3 aromatic rings. The fraction of sp³-hybridized carbons (Fsp3) is 0.0476. The van der Waals surface area contributed by atoms with Gasteiger partial charge >= 0.3 is 0 Å². The van der Waals surface area contributed by atoms with Crippen molar-refractivity contribution in [1.29, 1.82) is 0 Å². The molecule has 0 atom stereocenters. The number of para-hydroxylation sites is 1. The molecule has 24 heavy (non-hydrogen) atoms. The van der Waals surface area contributed by atoms with Crippen LogP contribution in [0.2, 0.25) is 0 Å². The van der Waals surface area contributed by atoms with Crippen molar-refractivity contribution in [2.75, 3.05) is 7.11 Å². The van der Waals surface area contributed by atoms with Crippen molar-refractivity contribution in [3.63, 3.8) is 0 Å². The van der Waals surface area contributed by atoms with Crippen LogP contribution in [0.25, 0.3) is 0 Å². The molecule has 3 rings (SSSR count). The van der Waals surface area contributed by atoms with Gasteiger partial charge in [-0.15, -0.1) is 0 Å². The van der Waals surface area contributed by atoms with Gasteiger partial charge in [0.1, 0.15) is 5.75 Å². The standard InChI is InChI=1S/C21H16O3/c1-24-21-17(19(22)15-9-4-2-5-10-15)13-8-14-18(21)20(23)16-11-6-3-7-12-16/h2-14H,1H3. The Hall–Kier alpha value is -3.20. The molecule has 0 fully saturated rings. The molecule has 0 aliphatic rings. The first kappa shape index (κ1) is 15.7. The van der Waals surface area contributed by atoms with E-state index in [1.54, 1.807) is 66.7 Å². The zero-order chi connectivity index (χ0) is 16.9. The van der Waals surface area contributed by atoms with Crippen LogP contribution in [-0.2, 0) is 0 Å². The van der Waals surface area contributed by atoms with Crippen molar-refractivity contribution in [3.05, 3.63) is 101 Å². The summed E-state index contributed by atoms with van der Waals surface area (Å²) >= 11 is 0. The predicted molar refractivity (Wildman–Crippen MR) is 92.7 cm³/mol. The molecule has 3 aromatic carbocycles. The topological polar surface area (TPSA) is 43.4 Å². The lowest BCUT2D eigenvalue weighted by Crippen LogP contribution is -2.09. The Balaban J connectivity index is 2.07.